The molecule has 1 aliphatic rings. The zero-order valence-electron chi connectivity index (χ0n) is 13.0. The second-order valence-electron chi connectivity index (χ2n) is 5.62. The van der Waals surface area contributed by atoms with E-state index >= 15 is 0 Å². The lowest BCUT2D eigenvalue weighted by atomic mass is 10.1. The standard InChI is InChI=1S/C17H19N3O2S/c1-12-5-6-15(23-12)17(22)20-9-7-19(8-10-20)16(21)13-3-2-4-14(18)11-13/h2-6,11H,7-10,18H2,1H3. The van der Waals surface area contributed by atoms with Crippen molar-refractivity contribution in [3.05, 3.63) is 51.7 Å². The van der Waals surface area contributed by atoms with E-state index in [2.05, 4.69) is 0 Å². The van der Waals surface area contributed by atoms with Gasteiger partial charge in [-0.2, -0.15) is 0 Å². The summed E-state index contributed by atoms with van der Waals surface area (Å²) in [7, 11) is 0. The normalized spacial score (nSPS) is 14.8. The molecule has 0 spiro atoms. The minimum Gasteiger partial charge on any atom is -0.399 e. The number of carbonyl (C=O) groups excluding carboxylic acids is 2. The van der Waals surface area contributed by atoms with Crippen LogP contribution in [0.3, 0.4) is 0 Å². The number of thiophene rings is 1. The largest absolute Gasteiger partial charge is 0.399 e. The molecule has 1 aromatic carbocycles. The molecule has 1 fully saturated rings. The van der Waals surface area contributed by atoms with Crippen LogP contribution in [-0.4, -0.2) is 47.8 Å². The summed E-state index contributed by atoms with van der Waals surface area (Å²) in [5.74, 6) is 0.0236. The van der Waals surface area contributed by atoms with Crippen LogP contribution in [0.1, 0.15) is 24.9 Å². The second kappa shape index (κ2) is 6.42. The molecule has 0 unspecified atom stereocenters. The van der Waals surface area contributed by atoms with Crippen LogP contribution in [0.5, 0.6) is 0 Å². The van der Waals surface area contributed by atoms with E-state index in [1.807, 2.05) is 24.0 Å². The van der Waals surface area contributed by atoms with Crippen LogP contribution < -0.4 is 5.73 Å². The fourth-order valence-electron chi connectivity index (χ4n) is 2.67. The van der Waals surface area contributed by atoms with Gasteiger partial charge >= 0.3 is 0 Å². The maximum atomic E-state index is 12.5. The van der Waals surface area contributed by atoms with Gasteiger partial charge in [-0.25, -0.2) is 0 Å². The average molecular weight is 329 g/mol. The molecule has 2 N–H and O–H groups in total. The predicted molar refractivity (Wildman–Crippen MR) is 91.7 cm³/mol. The molecule has 0 bridgehead atoms. The van der Waals surface area contributed by atoms with Crippen LogP contribution >= 0.6 is 11.3 Å². The van der Waals surface area contributed by atoms with E-state index in [0.29, 0.717) is 37.4 Å². The molecule has 5 nitrogen and oxygen atoms in total. The summed E-state index contributed by atoms with van der Waals surface area (Å²) in [6.07, 6.45) is 0. The van der Waals surface area contributed by atoms with Gasteiger partial charge in [0, 0.05) is 42.3 Å². The van der Waals surface area contributed by atoms with E-state index in [9.17, 15) is 9.59 Å². The first kappa shape index (κ1) is 15.6. The van der Waals surface area contributed by atoms with E-state index in [0.717, 1.165) is 9.75 Å². The Morgan fingerprint density at radius 1 is 1.00 bits per heavy atom. The number of nitrogens with zero attached hydrogens (tertiary/aromatic N) is 2. The van der Waals surface area contributed by atoms with Gasteiger partial charge < -0.3 is 15.5 Å². The van der Waals surface area contributed by atoms with Gasteiger partial charge in [-0.15, -0.1) is 11.3 Å². The molecule has 2 heterocycles. The van der Waals surface area contributed by atoms with Crippen LogP contribution in [0.25, 0.3) is 0 Å². The van der Waals surface area contributed by atoms with Crippen molar-refractivity contribution in [1.29, 1.82) is 0 Å². The number of amides is 2. The Labute approximate surface area is 139 Å². The molecule has 0 radical (unpaired) electrons. The monoisotopic (exact) mass is 329 g/mol. The van der Waals surface area contributed by atoms with Gasteiger partial charge in [-0.3, -0.25) is 9.59 Å². The van der Waals surface area contributed by atoms with E-state index in [1.54, 1.807) is 29.2 Å². The maximum Gasteiger partial charge on any atom is 0.264 e. The highest BCUT2D eigenvalue weighted by atomic mass is 32.1. The average Bonchev–Trinajstić information content (AvgIpc) is 3.00. The highest BCUT2D eigenvalue weighted by Crippen LogP contribution is 2.19. The quantitative estimate of drug-likeness (QED) is 0.859. The number of anilines is 1. The molecule has 0 saturated carbocycles. The van der Waals surface area contributed by atoms with Gasteiger partial charge in [0.25, 0.3) is 11.8 Å². The van der Waals surface area contributed by atoms with Gasteiger partial charge in [0.05, 0.1) is 4.88 Å². The number of rotatable bonds is 2. The van der Waals surface area contributed by atoms with E-state index in [-0.39, 0.29) is 11.8 Å². The van der Waals surface area contributed by atoms with E-state index in [4.69, 9.17) is 5.73 Å². The second-order valence-corrected chi connectivity index (χ2v) is 6.91. The Balaban J connectivity index is 1.62. The molecule has 23 heavy (non-hydrogen) atoms. The van der Waals surface area contributed by atoms with Crippen molar-refractivity contribution in [3.8, 4) is 0 Å². The van der Waals surface area contributed by atoms with Crippen molar-refractivity contribution in [3.63, 3.8) is 0 Å². The molecule has 1 aromatic heterocycles. The SMILES string of the molecule is Cc1ccc(C(=O)N2CCN(C(=O)c3cccc(N)c3)CC2)s1. The summed E-state index contributed by atoms with van der Waals surface area (Å²) >= 11 is 1.51. The molecular weight excluding hydrogens is 310 g/mol. The molecule has 2 aromatic rings. The lowest BCUT2D eigenvalue weighted by Crippen LogP contribution is -2.50. The first-order chi connectivity index (χ1) is 11.0. The minimum atomic E-state index is -0.0311. The Kier molecular flexibility index (Phi) is 4.34. The van der Waals surface area contributed by atoms with E-state index in [1.165, 1.54) is 11.3 Å². The molecule has 2 amide bonds. The van der Waals surface area contributed by atoms with Crippen LogP contribution in [0.15, 0.2) is 36.4 Å². The third-order valence-electron chi connectivity index (χ3n) is 3.94. The Bertz CT molecular complexity index is 733. The lowest BCUT2D eigenvalue weighted by molar-refractivity contribution is 0.0538. The predicted octanol–water partition coefficient (Wildman–Crippen LogP) is 2.24. The molecule has 0 atom stereocenters. The van der Waals surface area contributed by atoms with Crippen LogP contribution in [0.2, 0.25) is 0 Å². The fraction of sp³-hybridized carbons (Fsp3) is 0.294. The lowest BCUT2D eigenvalue weighted by Gasteiger charge is -2.34. The Hall–Kier alpha value is -2.34. The van der Waals surface area contributed by atoms with Crippen molar-refractivity contribution >= 4 is 28.8 Å². The molecule has 6 heteroatoms. The molecule has 120 valence electrons. The molecule has 3 rings (SSSR count). The van der Waals surface area contributed by atoms with Gasteiger partial charge in [-0.1, -0.05) is 6.07 Å². The minimum absolute atomic E-state index is 0.0311. The molecule has 1 saturated heterocycles. The first-order valence-electron chi connectivity index (χ1n) is 7.55. The van der Waals surface area contributed by atoms with Crippen LogP contribution in [-0.2, 0) is 0 Å². The number of aryl methyl sites for hydroxylation is 1. The summed E-state index contributed by atoms with van der Waals surface area (Å²) in [5.41, 5.74) is 6.91. The third-order valence-corrected chi connectivity index (χ3v) is 4.93. The topological polar surface area (TPSA) is 66.6 Å². The summed E-state index contributed by atoms with van der Waals surface area (Å²) in [6.45, 7) is 4.20. The number of nitrogen functional groups attached to an aromatic ring is 1. The van der Waals surface area contributed by atoms with Crippen LogP contribution in [0, 0.1) is 6.92 Å². The fourth-order valence-corrected chi connectivity index (χ4v) is 3.51. The Morgan fingerprint density at radius 2 is 1.65 bits per heavy atom. The highest BCUT2D eigenvalue weighted by Gasteiger charge is 2.26. The summed E-state index contributed by atoms with van der Waals surface area (Å²) in [6, 6.07) is 10.8. The number of benzene rings is 1. The van der Waals surface area contributed by atoms with Crippen molar-refractivity contribution in [2.75, 3.05) is 31.9 Å². The van der Waals surface area contributed by atoms with Gasteiger partial charge in [0.2, 0.25) is 0 Å². The van der Waals surface area contributed by atoms with Crippen molar-refractivity contribution in [1.82, 2.24) is 9.80 Å². The van der Waals surface area contributed by atoms with Gasteiger partial charge in [-0.05, 0) is 37.3 Å². The third kappa shape index (κ3) is 3.37. The zero-order chi connectivity index (χ0) is 16.4. The van der Waals surface area contributed by atoms with Gasteiger partial charge in [0.15, 0.2) is 0 Å². The number of hydrogen-bond acceptors (Lipinski definition) is 4. The zero-order valence-corrected chi connectivity index (χ0v) is 13.8. The highest BCUT2D eigenvalue weighted by molar-refractivity contribution is 7.13. The van der Waals surface area contributed by atoms with Crippen molar-refractivity contribution < 1.29 is 9.59 Å². The van der Waals surface area contributed by atoms with Crippen molar-refractivity contribution in [2.45, 2.75) is 6.92 Å². The van der Waals surface area contributed by atoms with Gasteiger partial charge in [0.1, 0.15) is 0 Å². The summed E-state index contributed by atoms with van der Waals surface area (Å²) in [5, 5.41) is 0. The molecule has 1 aliphatic heterocycles. The number of hydrogen-bond donors (Lipinski definition) is 1. The molecular formula is C17H19N3O2S. The van der Waals surface area contributed by atoms with Crippen molar-refractivity contribution in [2.24, 2.45) is 0 Å². The molecule has 0 aliphatic carbocycles. The van der Waals surface area contributed by atoms with Crippen LogP contribution in [0.4, 0.5) is 5.69 Å². The summed E-state index contributed by atoms with van der Waals surface area (Å²) in [4.78, 5) is 30.4. The first-order valence-corrected chi connectivity index (χ1v) is 8.37. The maximum absolute atomic E-state index is 12.5. The summed E-state index contributed by atoms with van der Waals surface area (Å²) < 4.78 is 0. The number of piperazine rings is 1. The Morgan fingerprint density at radius 3 is 2.22 bits per heavy atom. The van der Waals surface area contributed by atoms with E-state index < -0.39 is 0 Å². The number of carbonyl (C=O) groups is 2. The smallest absolute Gasteiger partial charge is 0.264 e. The number of nitrogens with two attached hydrogens (primary N) is 1.